The molecule has 1 amide bonds. The van der Waals surface area contributed by atoms with Gasteiger partial charge in [-0.2, -0.15) is 0 Å². The molecule has 1 aromatic carbocycles. The fourth-order valence-corrected chi connectivity index (χ4v) is 1.33. The summed E-state index contributed by atoms with van der Waals surface area (Å²) in [6.45, 7) is -0.00841. The highest BCUT2D eigenvalue weighted by Gasteiger charge is 2.15. The van der Waals surface area contributed by atoms with E-state index in [1.54, 1.807) is 0 Å². The van der Waals surface area contributed by atoms with Gasteiger partial charge in [-0.15, -0.1) is 0 Å². The number of phosphoric acid groups is 1. The van der Waals surface area contributed by atoms with Crippen molar-refractivity contribution in [3.63, 3.8) is 0 Å². The van der Waals surface area contributed by atoms with Crippen LogP contribution in [0.2, 0.25) is 0 Å². The van der Waals surface area contributed by atoms with E-state index in [-0.39, 0.29) is 12.4 Å². The molecule has 0 saturated carbocycles. The number of phosphoric ester groups is 1. The lowest BCUT2D eigenvalue weighted by Gasteiger charge is -2.07. The zero-order valence-corrected chi connectivity index (χ0v) is 8.96. The Bertz CT molecular complexity index is 411. The quantitative estimate of drug-likeness (QED) is 0.675. The molecule has 0 atom stereocenters. The molecule has 0 unspecified atom stereocenters. The number of hydrogen-bond acceptors (Lipinski definition) is 4. The highest BCUT2D eigenvalue weighted by atomic mass is 31.2. The molecule has 4 N–H and O–H groups in total. The number of rotatable bonds is 4. The summed E-state index contributed by atoms with van der Waals surface area (Å²) in [7, 11) is -4.54. The molecule has 88 valence electrons. The van der Waals surface area contributed by atoms with E-state index >= 15 is 0 Å². The minimum absolute atomic E-state index is 0.00841. The molecule has 0 fully saturated rings. The van der Waals surface area contributed by atoms with E-state index in [1.165, 1.54) is 24.3 Å². The van der Waals surface area contributed by atoms with E-state index < -0.39 is 13.9 Å². The zero-order chi connectivity index (χ0) is 12.2. The predicted molar refractivity (Wildman–Crippen MR) is 53.5 cm³/mol. The maximum absolute atomic E-state index is 10.5. The Hall–Kier alpha value is -1.56. The molecule has 0 spiro atoms. The van der Waals surface area contributed by atoms with Gasteiger partial charge in [-0.3, -0.25) is 9.79 Å². The van der Waals surface area contributed by atoms with Crippen LogP contribution in [0.4, 0.5) is 4.79 Å². The van der Waals surface area contributed by atoms with E-state index in [0.717, 1.165) is 0 Å². The largest absolute Gasteiger partial charge is 0.524 e. The van der Waals surface area contributed by atoms with Crippen LogP contribution >= 0.6 is 7.82 Å². The monoisotopic (exact) mass is 247 g/mol. The van der Waals surface area contributed by atoms with Crippen molar-refractivity contribution < 1.29 is 28.4 Å². The third-order valence-electron chi connectivity index (χ3n) is 1.53. The van der Waals surface area contributed by atoms with Gasteiger partial charge in [-0.1, -0.05) is 12.1 Å². The highest BCUT2D eigenvalue weighted by Crippen LogP contribution is 2.37. The van der Waals surface area contributed by atoms with Gasteiger partial charge >= 0.3 is 13.9 Å². The maximum Gasteiger partial charge on any atom is 0.524 e. The van der Waals surface area contributed by atoms with Gasteiger partial charge in [0.15, 0.2) is 0 Å². The Morgan fingerprint density at radius 3 is 2.31 bits per heavy atom. The summed E-state index contributed by atoms with van der Waals surface area (Å²) in [4.78, 5) is 27.3. The van der Waals surface area contributed by atoms with Gasteiger partial charge in [0, 0.05) is 0 Å². The van der Waals surface area contributed by atoms with Crippen molar-refractivity contribution in [3.05, 3.63) is 29.8 Å². The molecule has 0 aliphatic heterocycles. The van der Waals surface area contributed by atoms with Gasteiger partial charge in [0.1, 0.15) is 12.4 Å². The first-order valence-electron chi connectivity index (χ1n) is 4.13. The standard InChI is InChI=1S/C8H10NO6P/c9-8(10)14-5-6-1-3-7(4-2-6)15-16(11,12)13/h1-4H,5H2,(H2,9,10)(H2,11,12,13). The summed E-state index contributed by atoms with van der Waals surface area (Å²) in [5.41, 5.74) is 5.39. The molecule has 0 heterocycles. The van der Waals surface area contributed by atoms with Crippen LogP contribution in [-0.4, -0.2) is 15.9 Å². The number of amides is 1. The van der Waals surface area contributed by atoms with Crippen LogP contribution in [0.3, 0.4) is 0 Å². The van der Waals surface area contributed by atoms with Crippen LogP contribution in [-0.2, 0) is 15.9 Å². The van der Waals surface area contributed by atoms with Crippen molar-refractivity contribution in [2.24, 2.45) is 5.73 Å². The molecular weight excluding hydrogens is 237 g/mol. The molecule has 1 aromatic rings. The summed E-state index contributed by atoms with van der Waals surface area (Å²) in [6.07, 6.45) is -0.893. The van der Waals surface area contributed by atoms with E-state index in [1.807, 2.05) is 0 Å². The SMILES string of the molecule is NC(=O)OCc1ccc(OP(=O)(O)O)cc1. The Kier molecular flexibility index (Phi) is 3.89. The zero-order valence-electron chi connectivity index (χ0n) is 8.07. The van der Waals surface area contributed by atoms with Crippen molar-refractivity contribution in [1.29, 1.82) is 0 Å². The van der Waals surface area contributed by atoms with Crippen LogP contribution < -0.4 is 10.3 Å². The minimum Gasteiger partial charge on any atom is -0.445 e. The molecule has 0 aromatic heterocycles. The van der Waals surface area contributed by atoms with E-state index in [4.69, 9.17) is 15.5 Å². The summed E-state index contributed by atoms with van der Waals surface area (Å²) in [5, 5.41) is 0. The van der Waals surface area contributed by atoms with Crippen molar-refractivity contribution in [2.45, 2.75) is 6.61 Å². The molecule has 7 nitrogen and oxygen atoms in total. The van der Waals surface area contributed by atoms with Crippen LogP contribution in [0.1, 0.15) is 5.56 Å². The number of benzene rings is 1. The highest BCUT2D eigenvalue weighted by molar-refractivity contribution is 7.46. The molecular formula is C8H10NO6P. The van der Waals surface area contributed by atoms with Gasteiger partial charge < -0.3 is 15.0 Å². The van der Waals surface area contributed by atoms with Crippen molar-refractivity contribution >= 4 is 13.9 Å². The van der Waals surface area contributed by atoms with E-state index in [9.17, 15) is 9.36 Å². The van der Waals surface area contributed by atoms with Crippen LogP contribution in [0, 0.1) is 0 Å². The number of nitrogens with two attached hydrogens (primary N) is 1. The minimum atomic E-state index is -4.54. The third-order valence-corrected chi connectivity index (χ3v) is 1.98. The Morgan fingerprint density at radius 1 is 1.31 bits per heavy atom. The second kappa shape index (κ2) is 4.98. The molecule has 1 rings (SSSR count). The first-order chi connectivity index (χ1) is 7.37. The lowest BCUT2D eigenvalue weighted by atomic mass is 10.2. The average molecular weight is 247 g/mol. The smallest absolute Gasteiger partial charge is 0.445 e. The van der Waals surface area contributed by atoms with Crippen LogP contribution in [0.25, 0.3) is 0 Å². The topological polar surface area (TPSA) is 119 Å². The number of hydrogen-bond donors (Lipinski definition) is 3. The molecule has 0 radical (unpaired) electrons. The number of primary amides is 1. The van der Waals surface area contributed by atoms with E-state index in [0.29, 0.717) is 5.56 Å². The van der Waals surface area contributed by atoms with Crippen molar-refractivity contribution in [1.82, 2.24) is 0 Å². The summed E-state index contributed by atoms with van der Waals surface area (Å²) >= 11 is 0. The fraction of sp³-hybridized carbons (Fsp3) is 0.125. The van der Waals surface area contributed by atoms with Gasteiger partial charge in [0.05, 0.1) is 0 Å². The van der Waals surface area contributed by atoms with Crippen molar-refractivity contribution in [3.8, 4) is 5.75 Å². The first-order valence-corrected chi connectivity index (χ1v) is 5.66. The lowest BCUT2D eigenvalue weighted by Crippen LogP contribution is -2.12. The third kappa shape index (κ3) is 4.79. The van der Waals surface area contributed by atoms with Gasteiger partial charge in [0.25, 0.3) is 0 Å². The summed E-state index contributed by atoms with van der Waals surface area (Å²) in [5.74, 6) is 0.0242. The Morgan fingerprint density at radius 2 is 1.88 bits per heavy atom. The van der Waals surface area contributed by atoms with E-state index in [2.05, 4.69) is 9.26 Å². The summed E-state index contributed by atoms with van der Waals surface area (Å²) in [6, 6.07) is 5.68. The van der Waals surface area contributed by atoms with Crippen LogP contribution in [0.5, 0.6) is 5.75 Å². The number of carbonyl (C=O) groups excluding carboxylic acids is 1. The molecule has 0 aliphatic carbocycles. The number of ether oxygens (including phenoxy) is 1. The second-order valence-corrected chi connectivity index (χ2v) is 4.00. The molecule has 16 heavy (non-hydrogen) atoms. The first kappa shape index (κ1) is 12.5. The lowest BCUT2D eigenvalue weighted by molar-refractivity contribution is 0.150. The number of carbonyl (C=O) groups is 1. The molecule has 8 heteroatoms. The second-order valence-electron chi connectivity index (χ2n) is 2.83. The van der Waals surface area contributed by atoms with Gasteiger partial charge in [0.2, 0.25) is 0 Å². The molecule has 0 bridgehead atoms. The van der Waals surface area contributed by atoms with Crippen LogP contribution in [0.15, 0.2) is 24.3 Å². The molecule has 0 saturated heterocycles. The normalized spacial score (nSPS) is 10.9. The Labute approximate surface area is 91.0 Å². The Balaban J connectivity index is 2.61. The average Bonchev–Trinajstić information content (AvgIpc) is 2.14. The summed E-state index contributed by atoms with van der Waals surface area (Å²) < 4.78 is 19.3. The fourth-order valence-electron chi connectivity index (χ4n) is 0.938. The van der Waals surface area contributed by atoms with Crippen molar-refractivity contribution in [2.75, 3.05) is 0 Å². The maximum atomic E-state index is 10.5. The van der Waals surface area contributed by atoms with Gasteiger partial charge in [-0.25, -0.2) is 9.36 Å². The molecule has 0 aliphatic rings. The predicted octanol–water partition coefficient (Wildman–Crippen LogP) is 0.753. The van der Waals surface area contributed by atoms with Gasteiger partial charge in [-0.05, 0) is 17.7 Å².